The molecular weight excluding hydrogens is 637 g/mol. The number of carbonyl (C=O) groups excluding carboxylic acids is 2. The van der Waals surface area contributed by atoms with Crippen molar-refractivity contribution in [2.24, 2.45) is 0 Å². The quantitative estimate of drug-likeness (QED) is 0.0635. The van der Waals surface area contributed by atoms with Crippen molar-refractivity contribution in [3.63, 3.8) is 0 Å². The Labute approximate surface area is 251 Å². The van der Waals surface area contributed by atoms with Gasteiger partial charge in [0.25, 0.3) is 5.56 Å². The van der Waals surface area contributed by atoms with Crippen molar-refractivity contribution in [3.8, 4) is 0 Å². The number of ether oxygens (including phenoxy) is 1. The van der Waals surface area contributed by atoms with Gasteiger partial charge in [0.2, 0.25) is 17.8 Å². The molecule has 22 nitrogen and oxygen atoms in total. The third-order valence-electron chi connectivity index (χ3n) is 5.99. The molecule has 1 unspecified atom stereocenters. The van der Waals surface area contributed by atoms with E-state index in [1.54, 1.807) is 0 Å². The van der Waals surface area contributed by atoms with Crippen molar-refractivity contribution in [1.82, 2.24) is 41.4 Å². The average Bonchev–Trinajstić information content (AvgIpc) is 3.47. The Morgan fingerprint density at radius 3 is 2.48 bits per heavy atom. The molecule has 1 aliphatic heterocycles. The van der Waals surface area contributed by atoms with Crippen molar-refractivity contribution >= 4 is 61.2 Å². The molecule has 1 aliphatic rings. The summed E-state index contributed by atoms with van der Waals surface area (Å²) in [5.74, 6) is -5.32. The number of thiol groups is 1. The zero-order chi connectivity index (χ0) is 32.1. The Morgan fingerprint density at radius 1 is 1.18 bits per heavy atom. The maximum absolute atomic E-state index is 12.8. The number of fused-ring (bicyclic) bond motifs is 1. The molecule has 2 amide bonds. The van der Waals surface area contributed by atoms with Crippen molar-refractivity contribution in [2.45, 2.75) is 49.5 Å². The predicted molar refractivity (Wildman–Crippen MR) is 150 cm³/mol. The number of hydrogen-bond acceptors (Lipinski definition) is 15. The van der Waals surface area contributed by atoms with Crippen molar-refractivity contribution in [2.75, 3.05) is 24.6 Å². The van der Waals surface area contributed by atoms with Gasteiger partial charge in [-0.3, -0.25) is 38.0 Å². The number of hydrogen-bond donors (Lipinski definition) is 12. The minimum atomic E-state index is -4.96. The minimum absolute atomic E-state index is 0. The van der Waals surface area contributed by atoms with Crippen molar-refractivity contribution in [1.29, 1.82) is 0 Å². The van der Waals surface area contributed by atoms with Crippen LogP contribution in [0.5, 0.6) is 0 Å². The molecule has 3 heterocycles. The lowest BCUT2D eigenvalue weighted by Crippen LogP contribution is -2.53. The lowest BCUT2D eigenvalue weighted by molar-refractivity contribution is -0.138. The predicted octanol–water partition coefficient (Wildman–Crippen LogP) is -3.96. The Kier molecular flexibility index (Phi) is 12.8. The molecule has 0 aliphatic carbocycles. The molecule has 246 valence electrons. The molecule has 0 bridgehead atoms. The highest BCUT2D eigenvalue weighted by molar-refractivity contribution is 7.80. The fourth-order valence-corrected chi connectivity index (χ4v) is 5.23. The number of carboxylic acids is 2. The molecule has 3 rings (SSSR count). The van der Waals surface area contributed by atoms with E-state index in [0.717, 1.165) is 10.9 Å². The number of rotatable bonds is 15. The van der Waals surface area contributed by atoms with Crippen LogP contribution in [0.4, 0.5) is 5.95 Å². The van der Waals surface area contributed by atoms with Crippen LogP contribution in [0.1, 0.15) is 19.1 Å². The molecule has 2 aromatic rings. The summed E-state index contributed by atoms with van der Waals surface area (Å²) in [4.78, 5) is 79.2. The third kappa shape index (κ3) is 9.17. The molecule has 44 heavy (non-hydrogen) atoms. The highest BCUT2D eigenvalue weighted by Gasteiger charge is 2.45. The van der Waals surface area contributed by atoms with E-state index in [4.69, 9.17) is 25.2 Å². The number of imidazole rings is 1. The molecule has 0 spiro atoms. The lowest BCUT2D eigenvalue weighted by atomic mass is 10.1. The van der Waals surface area contributed by atoms with E-state index in [1.165, 1.54) is 0 Å². The summed E-state index contributed by atoms with van der Waals surface area (Å²) in [5, 5.41) is 44.9. The second-order valence-corrected chi connectivity index (χ2v) is 11.0. The van der Waals surface area contributed by atoms with E-state index >= 15 is 0 Å². The Hall–Kier alpha value is -3.67. The minimum Gasteiger partial charge on any atom is -0.481 e. The zero-order valence-electron chi connectivity index (χ0n) is 22.6. The van der Waals surface area contributed by atoms with Crippen LogP contribution in [-0.2, 0) is 33.0 Å². The van der Waals surface area contributed by atoms with Gasteiger partial charge in [-0.05, 0) is 6.42 Å². The molecule has 0 aromatic carbocycles. The molecule has 0 radical (unpaired) electrons. The first-order valence-corrected chi connectivity index (χ1v) is 14.5. The summed E-state index contributed by atoms with van der Waals surface area (Å²) in [6, 6.07) is -3.09. The number of H-pyrrole nitrogens is 1. The topological polar surface area (TPSA) is 366 Å². The summed E-state index contributed by atoms with van der Waals surface area (Å²) in [5.41, 5.74) is 4.65. The normalized spacial score (nSPS) is 22.4. The summed E-state index contributed by atoms with van der Waals surface area (Å²) in [6.45, 7) is -1.59. The number of aliphatic hydroxyl groups excluding tert-OH is 2. The highest BCUT2D eigenvalue weighted by atomic mass is 32.1. The highest BCUT2D eigenvalue weighted by Crippen LogP contribution is 2.40. The fourth-order valence-electron chi connectivity index (χ4n) is 3.91. The fraction of sp³-hybridized carbons (Fsp3) is 0.550. The van der Waals surface area contributed by atoms with Crippen LogP contribution in [0.3, 0.4) is 0 Å². The number of aliphatic hydroxyl groups is 2. The standard InChI is InChI=1S/C20H29N8O13PS.H3N/c21-20-25-15-12(18(37)26-20)23-6-28(15)19-14(34)13(33)9(41-19)4-40-42(38,39)27-7(1-2-10(29)30)17(36)24-8(5-43)16(35)22-3-11(31)32;/h6-9,13-14,19,33-34,43H,1-5H2,(H,22,35)(H,24,36)(H,29,30)(H,31,32)(H2,27,38,39)(H3,21,25,26,37);1H3/t7-,8-,9+,13+,14+,19+;/m0./s1. The van der Waals surface area contributed by atoms with E-state index < -0.39 is 99.7 Å². The molecule has 0 saturated carbocycles. The van der Waals surface area contributed by atoms with E-state index in [9.17, 15) is 43.6 Å². The molecule has 7 atom stereocenters. The van der Waals surface area contributed by atoms with Crippen LogP contribution in [0.2, 0.25) is 0 Å². The number of nitrogens with one attached hydrogen (secondary N) is 4. The van der Waals surface area contributed by atoms with Gasteiger partial charge in [0.15, 0.2) is 17.4 Å². The first kappa shape index (κ1) is 36.5. The molecular formula is C20H32N9O13PS. The number of aliphatic carboxylic acids is 2. The largest absolute Gasteiger partial charge is 0.481 e. The van der Waals surface area contributed by atoms with E-state index in [-0.39, 0.29) is 29.0 Å². The molecule has 14 N–H and O–H groups in total. The SMILES string of the molecule is N.Nc1nc2c(ncn2[C@@H]2O[C@H](COP(=O)(O)N[C@@H](CCC(=O)O)C(=O)N[C@@H](CS)C(=O)NCC(=O)O)[C@@H](O)[C@H]2O)c(=O)[nH]1. The lowest BCUT2D eigenvalue weighted by Gasteiger charge is -2.24. The van der Waals surface area contributed by atoms with Gasteiger partial charge < -0.3 is 52.6 Å². The number of nitrogen functional groups attached to an aromatic ring is 1. The van der Waals surface area contributed by atoms with Gasteiger partial charge in [-0.15, -0.1) is 0 Å². The van der Waals surface area contributed by atoms with E-state index in [2.05, 4.69) is 32.9 Å². The van der Waals surface area contributed by atoms with Gasteiger partial charge in [0.1, 0.15) is 30.9 Å². The van der Waals surface area contributed by atoms with E-state index in [0.29, 0.717) is 0 Å². The number of anilines is 1. The van der Waals surface area contributed by atoms with Gasteiger partial charge in [-0.1, -0.05) is 0 Å². The van der Waals surface area contributed by atoms with Gasteiger partial charge in [-0.2, -0.15) is 17.6 Å². The third-order valence-corrected chi connectivity index (χ3v) is 7.49. The van der Waals surface area contributed by atoms with Gasteiger partial charge >= 0.3 is 19.7 Å². The van der Waals surface area contributed by atoms with Crippen LogP contribution in [0.25, 0.3) is 11.2 Å². The number of aromatic nitrogens is 4. The Bertz CT molecular complexity index is 1470. The molecule has 1 saturated heterocycles. The molecule has 2 aromatic heterocycles. The monoisotopic (exact) mass is 669 g/mol. The van der Waals surface area contributed by atoms with Crippen LogP contribution in [-0.4, -0.2) is 118 Å². The maximum Gasteiger partial charge on any atom is 0.403 e. The number of aromatic amines is 1. The average molecular weight is 670 g/mol. The smallest absolute Gasteiger partial charge is 0.403 e. The first-order chi connectivity index (χ1) is 20.1. The number of nitrogens with zero attached hydrogens (tertiary/aromatic N) is 3. The van der Waals surface area contributed by atoms with Crippen LogP contribution >= 0.6 is 20.4 Å². The van der Waals surface area contributed by atoms with E-state index in [1.807, 2.05) is 10.4 Å². The van der Waals surface area contributed by atoms with Crippen LogP contribution in [0, 0.1) is 0 Å². The summed E-state index contributed by atoms with van der Waals surface area (Å²) < 4.78 is 24.4. The second-order valence-electron chi connectivity index (χ2n) is 9.11. The summed E-state index contributed by atoms with van der Waals surface area (Å²) in [6.07, 6.45) is -6.25. The number of amides is 2. The van der Waals surface area contributed by atoms with Crippen LogP contribution in [0.15, 0.2) is 11.1 Å². The molecule has 1 fully saturated rings. The number of carbonyl (C=O) groups is 4. The maximum atomic E-state index is 12.8. The summed E-state index contributed by atoms with van der Waals surface area (Å²) in [7, 11) is -4.96. The van der Waals surface area contributed by atoms with Crippen molar-refractivity contribution < 1.29 is 58.3 Å². The second kappa shape index (κ2) is 15.4. The number of carboxylic acid groups (broad SMARTS) is 2. The van der Waals surface area contributed by atoms with Gasteiger partial charge in [0.05, 0.1) is 19.0 Å². The summed E-state index contributed by atoms with van der Waals surface area (Å²) >= 11 is 3.91. The Morgan fingerprint density at radius 2 is 1.86 bits per heavy atom. The van der Waals surface area contributed by atoms with Crippen molar-refractivity contribution in [3.05, 3.63) is 16.7 Å². The van der Waals surface area contributed by atoms with Gasteiger partial charge in [-0.25, -0.2) is 14.6 Å². The van der Waals surface area contributed by atoms with Crippen LogP contribution < -0.4 is 33.2 Å². The van der Waals surface area contributed by atoms with Gasteiger partial charge in [0, 0.05) is 12.2 Å². The molecule has 24 heteroatoms. The zero-order valence-corrected chi connectivity index (χ0v) is 24.4. The number of nitrogens with two attached hydrogens (primary N) is 1. The first-order valence-electron chi connectivity index (χ1n) is 12.2. The Balaban J connectivity index is 0.00000675.